The topological polar surface area (TPSA) is 121 Å². The predicted octanol–water partition coefficient (Wildman–Crippen LogP) is 2.15. The SMILES string of the molecule is COc1ccc(CNC(=O)CSc2[nH]c(=O)ncc2COCCOCCOCCOCCBr)cc1. The molecule has 2 N–H and O–H groups in total. The van der Waals surface area contributed by atoms with Crippen molar-refractivity contribution < 1.29 is 28.5 Å². The highest BCUT2D eigenvalue weighted by Crippen LogP contribution is 2.19. The van der Waals surface area contributed by atoms with E-state index in [-0.39, 0.29) is 18.3 Å². The molecule has 0 aliphatic heterocycles. The number of rotatable bonds is 19. The van der Waals surface area contributed by atoms with Crippen molar-refractivity contribution in [1.29, 1.82) is 0 Å². The molecule has 0 unspecified atom stereocenters. The lowest BCUT2D eigenvalue weighted by Crippen LogP contribution is -2.25. The molecule has 1 aromatic heterocycles. The van der Waals surface area contributed by atoms with Crippen molar-refractivity contribution in [1.82, 2.24) is 15.3 Å². The Balaban J connectivity index is 1.62. The van der Waals surface area contributed by atoms with Crippen LogP contribution in [0.15, 0.2) is 40.3 Å². The number of hydrogen-bond donors (Lipinski definition) is 2. The summed E-state index contributed by atoms with van der Waals surface area (Å²) in [7, 11) is 1.60. The van der Waals surface area contributed by atoms with Gasteiger partial charge in [0.05, 0.1) is 70.7 Å². The summed E-state index contributed by atoms with van der Waals surface area (Å²) in [5.74, 6) is 0.753. The number of aromatic nitrogens is 2. The monoisotopic (exact) mass is 573 g/mol. The van der Waals surface area contributed by atoms with E-state index in [0.717, 1.165) is 16.6 Å². The first-order valence-electron chi connectivity index (χ1n) is 11.1. The third-order valence-electron chi connectivity index (χ3n) is 4.44. The number of thioether (sulfide) groups is 1. The van der Waals surface area contributed by atoms with Crippen LogP contribution in [-0.4, -0.2) is 80.3 Å². The Morgan fingerprint density at radius 3 is 2.26 bits per heavy atom. The van der Waals surface area contributed by atoms with Crippen LogP contribution in [0.3, 0.4) is 0 Å². The predicted molar refractivity (Wildman–Crippen MR) is 136 cm³/mol. The van der Waals surface area contributed by atoms with Gasteiger partial charge in [-0.05, 0) is 17.7 Å². The van der Waals surface area contributed by atoms with E-state index in [4.69, 9.17) is 23.7 Å². The van der Waals surface area contributed by atoms with Gasteiger partial charge in [-0.3, -0.25) is 4.79 Å². The molecule has 1 amide bonds. The average Bonchev–Trinajstić information content (AvgIpc) is 2.88. The number of methoxy groups -OCH3 is 1. The van der Waals surface area contributed by atoms with Gasteiger partial charge in [0.2, 0.25) is 5.91 Å². The normalized spacial score (nSPS) is 10.9. The molecule has 0 atom stereocenters. The van der Waals surface area contributed by atoms with E-state index in [1.54, 1.807) is 7.11 Å². The molecule has 0 aliphatic rings. The van der Waals surface area contributed by atoms with E-state index in [2.05, 4.69) is 31.2 Å². The van der Waals surface area contributed by atoms with Crippen LogP contribution in [0.5, 0.6) is 5.75 Å². The average molecular weight is 574 g/mol. The summed E-state index contributed by atoms with van der Waals surface area (Å²) in [5.41, 5.74) is 1.18. The van der Waals surface area contributed by atoms with Gasteiger partial charge < -0.3 is 34.0 Å². The van der Waals surface area contributed by atoms with Crippen molar-refractivity contribution in [3.05, 3.63) is 52.1 Å². The molecule has 194 valence electrons. The zero-order chi connectivity index (χ0) is 25.1. The van der Waals surface area contributed by atoms with Crippen LogP contribution in [0.1, 0.15) is 11.1 Å². The van der Waals surface area contributed by atoms with E-state index in [9.17, 15) is 9.59 Å². The van der Waals surface area contributed by atoms with Crippen LogP contribution in [0, 0.1) is 0 Å². The second-order valence-electron chi connectivity index (χ2n) is 7.03. The summed E-state index contributed by atoms with van der Waals surface area (Å²) in [6.45, 7) is 4.15. The molecule has 0 bridgehead atoms. The molecule has 2 rings (SSSR count). The number of nitrogens with zero attached hydrogens (tertiary/aromatic N) is 1. The van der Waals surface area contributed by atoms with Gasteiger partial charge in [0.15, 0.2) is 0 Å². The molecular formula is C23H32BrN3O7S. The molecule has 1 aromatic carbocycles. The molecule has 0 fully saturated rings. The zero-order valence-electron chi connectivity index (χ0n) is 19.8. The molecule has 1 heterocycles. The van der Waals surface area contributed by atoms with Crippen LogP contribution in [0.25, 0.3) is 0 Å². The molecule has 0 saturated heterocycles. The Hall–Kier alpha value is -1.96. The minimum atomic E-state index is -0.476. The van der Waals surface area contributed by atoms with Gasteiger partial charge in [-0.1, -0.05) is 39.8 Å². The Morgan fingerprint density at radius 2 is 1.63 bits per heavy atom. The van der Waals surface area contributed by atoms with Crippen LogP contribution >= 0.6 is 27.7 Å². The summed E-state index contributed by atoms with van der Waals surface area (Å²) in [6.07, 6.45) is 1.46. The van der Waals surface area contributed by atoms with Crippen LogP contribution in [-0.2, 0) is 36.9 Å². The summed E-state index contributed by atoms with van der Waals surface area (Å²) < 4.78 is 26.9. The van der Waals surface area contributed by atoms with Gasteiger partial charge >= 0.3 is 5.69 Å². The van der Waals surface area contributed by atoms with Crippen LogP contribution in [0.2, 0.25) is 0 Å². The number of nitrogens with one attached hydrogen (secondary N) is 2. The van der Waals surface area contributed by atoms with Crippen LogP contribution < -0.4 is 15.7 Å². The maximum Gasteiger partial charge on any atom is 0.345 e. The van der Waals surface area contributed by atoms with Gasteiger partial charge in [0.25, 0.3) is 0 Å². The largest absolute Gasteiger partial charge is 0.497 e. The smallest absolute Gasteiger partial charge is 0.345 e. The number of halogens is 1. The van der Waals surface area contributed by atoms with E-state index in [1.165, 1.54) is 18.0 Å². The number of carbonyl (C=O) groups is 1. The molecular weight excluding hydrogens is 542 g/mol. The first-order chi connectivity index (χ1) is 17.1. The van der Waals surface area contributed by atoms with Crippen molar-refractivity contribution in [2.24, 2.45) is 0 Å². The van der Waals surface area contributed by atoms with Crippen molar-refractivity contribution in [2.75, 3.05) is 64.4 Å². The van der Waals surface area contributed by atoms with E-state index in [0.29, 0.717) is 63.4 Å². The lowest BCUT2D eigenvalue weighted by atomic mass is 10.2. The standard InChI is InChI=1S/C23H32BrN3O7S/c1-30-20-4-2-18(3-5-20)14-25-21(28)17-35-22-19(15-26-23(29)27-22)16-34-13-12-33-11-10-32-9-8-31-7-6-24/h2-5,15H,6-14,16-17H2,1H3,(H,25,28)(H,26,27,29). The summed E-state index contributed by atoms with van der Waals surface area (Å²) in [5, 5.41) is 4.23. The molecule has 2 aromatic rings. The third kappa shape index (κ3) is 13.1. The second kappa shape index (κ2) is 18.3. The zero-order valence-corrected chi connectivity index (χ0v) is 22.2. The number of carbonyl (C=O) groups excluding carboxylic acids is 1. The highest BCUT2D eigenvalue weighted by Gasteiger charge is 2.09. The van der Waals surface area contributed by atoms with Crippen molar-refractivity contribution in [2.45, 2.75) is 18.2 Å². The number of benzene rings is 1. The Kier molecular flexibility index (Phi) is 15.3. The Morgan fingerprint density at radius 1 is 1.00 bits per heavy atom. The first-order valence-corrected chi connectivity index (χ1v) is 13.2. The number of aromatic amines is 1. The minimum absolute atomic E-state index is 0.146. The van der Waals surface area contributed by atoms with Crippen molar-refractivity contribution in [3.8, 4) is 5.75 Å². The number of hydrogen-bond acceptors (Lipinski definition) is 9. The second-order valence-corrected chi connectivity index (χ2v) is 8.81. The molecule has 0 spiro atoms. The summed E-state index contributed by atoms with van der Waals surface area (Å²) in [4.78, 5) is 30.3. The lowest BCUT2D eigenvalue weighted by molar-refractivity contribution is -0.118. The van der Waals surface area contributed by atoms with Gasteiger partial charge in [0.1, 0.15) is 5.75 Å². The fourth-order valence-electron chi connectivity index (χ4n) is 2.67. The summed E-state index contributed by atoms with van der Waals surface area (Å²) >= 11 is 4.51. The van der Waals surface area contributed by atoms with Crippen molar-refractivity contribution in [3.63, 3.8) is 0 Å². The maximum absolute atomic E-state index is 12.3. The molecule has 12 heteroatoms. The van der Waals surface area contributed by atoms with Gasteiger partial charge in [-0.15, -0.1) is 0 Å². The number of alkyl halides is 1. The van der Waals surface area contributed by atoms with E-state index in [1.807, 2.05) is 24.3 Å². The fourth-order valence-corrected chi connectivity index (χ4v) is 3.73. The van der Waals surface area contributed by atoms with Crippen molar-refractivity contribution >= 4 is 33.6 Å². The lowest BCUT2D eigenvalue weighted by Gasteiger charge is -2.10. The molecule has 0 aliphatic carbocycles. The number of amides is 1. The minimum Gasteiger partial charge on any atom is -0.497 e. The molecule has 0 radical (unpaired) electrons. The summed E-state index contributed by atoms with van der Waals surface area (Å²) in [6, 6.07) is 7.46. The van der Waals surface area contributed by atoms with Crippen LogP contribution in [0.4, 0.5) is 0 Å². The highest BCUT2D eigenvalue weighted by atomic mass is 79.9. The van der Waals surface area contributed by atoms with E-state index < -0.39 is 5.69 Å². The van der Waals surface area contributed by atoms with Gasteiger partial charge in [0, 0.05) is 23.6 Å². The Bertz CT molecular complexity index is 915. The highest BCUT2D eigenvalue weighted by molar-refractivity contribution is 9.09. The maximum atomic E-state index is 12.3. The van der Waals surface area contributed by atoms with Gasteiger partial charge in [-0.2, -0.15) is 0 Å². The molecule has 10 nitrogen and oxygen atoms in total. The Labute approximate surface area is 217 Å². The fraction of sp³-hybridized carbons (Fsp3) is 0.522. The van der Waals surface area contributed by atoms with Gasteiger partial charge in [-0.25, -0.2) is 9.78 Å². The molecule has 35 heavy (non-hydrogen) atoms. The number of ether oxygens (including phenoxy) is 5. The quantitative estimate of drug-likeness (QED) is 0.113. The van der Waals surface area contributed by atoms with E-state index >= 15 is 0 Å². The third-order valence-corrected chi connectivity index (χ3v) is 5.82. The molecule has 0 saturated carbocycles. The number of H-pyrrole nitrogens is 1. The first kappa shape index (κ1) is 29.3.